The normalized spacial score (nSPS) is 17.6. The highest BCUT2D eigenvalue weighted by atomic mass is 79.9. The minimum Gasteiger partial charge on any atom is -0.343 e. The van der Waals surface area contributed by atoms with Crippen LogP contribution in [0.25, 0.3) is 12.2 Å². The van der Waals surface area contributed by atoms with Crippen LogP contribution in [0.1, 0.15) is 17.5 Å². The van der Waals surface area contributed by atoms with Crippen molar-refractivity contribution >= 4 is 44.0 Å². The minimum absolute atomic E-state index is 0.690. The average molecular weight is 450 g/mol. The molecular weight excluding hydrogens is 432 g/mol. The summed E-state index contributed by atoms with van der Waals surface area (Å²) in [5.41, 5.74) is 2.21. The second-order valence-corrected chi connectivity index (χ2v) is 7.37. The smallest absolute Gasteiger partial charge is 0.208 e. The predicted molar refractivity (Wildman–Crippen MR) is 106 cm³/mol. The lowest BCUT2D eigenvalue weighted by Crippen LogP contribution is -2.36. The van der Waals surface area contributed by atoms with E-state index in [1.807, 2.05) is 48.6 Å². The Balaban J connectivity index is 1.81. The lowest BCUT2D eigenvalue weighted by molar-refractivity contribution is -0.204. The van der Waals surface area contributed by atoms with E-state index in [4.69, 9.17) is 9.47 Å². The zero-order valence-electron chi connectivity index (χ0n) is 13.1. The molecule has 24 heavy (non-hydrogen) atoms. The third kappa shape index (κ3) is 4.90. The Morgan fingerprint density at radius 3 is 1.54 bits per heavy atom. The number of rotatable bonds is 4. The fourth-order valence-electron chi connectivity index (χ4n) is 2.38. The summed E-state index contributed by atoms with van der Waals surface area (Å²) in [6.45, 7) is 1.38. The number of benzene rings is 2. The maximum Gasteiger partial charge on any atom is 0.208 e. The molecule has 0 aromatic heterocycles. The molecule has 0 spiro atoms. The quantitative estimate of drug-likeness (QED) is 0.563. The van der Waals surface area contributed by atoms with E-state index in [-0.39, 0.29) is 0 Å². The van der Waals surface area contributed by atoms with Crippen LogP contribution in [0.15, 0.2) is 69.6 Å². The molecule has 0 atom stereocenters. The van der Waals surface area contributed by atoms with E-state index in [2.05, 4.69) is 56.1 Å². The molecular formula is C20H18Br2O2. The maximum absolute atomic E-state index is 5.94. The molecule has 2 nitrogen and oxygen atoms in total. The highest BCUT2D eigenvalue weighted by Gasteiger charge is 2.28. The molecule has 124 valence electrons. The largest absolute Gasteiger partial charge is 0.343 e. The number of hydrogen-bond donors (Lipinski definition) is 0. The van der Waals surface area contributed by atoms with Gasteiger partial charge in [-0.05, 0) is 54.0 Å². The molecule has 0 amide bonds. The summed E-state index contributed by atoms with van der Waals surface area (Å²) in [5.74, 6) is -0.807. The van der Waals surface area contributed by atoms with Crippen LogP contribution in [0.3, 0.4) is 0 Å². The number of hydrogen-bond acceptors (Lipinski definition) is 2. The zero-order valence-corrected chi connectivity index (χ0v) is 16.3. The molecule has 0 unspecified atom stereocenters. The van der Waals surface area contributed by atoms with Gasteiger partial charge in [0, 0.05) is 8.95 Å². The van der Waals surface area contributed by atoms with E-state index in [1.54, 1.807) is 0 Å². The van der Waals surface area contributed by atoms with Gasteiger partial charge in [0.25, 0.3) is 0 Å². The lowest BCUT2D eigenvalue weighted by atomic mass is 10.1. The van der Waals surface area contributed by atoms with Gasteiger partial charge in [0.05, 0.1) is 13.2 Å². The molecule has 1 heterocycles. The van der Waals surface area contributed by atoms with Crippen LogP contribution >= 0.6 is 31.9 Å². The summed E-state index contributed by atoms with van der Waals surface area (Å²) >= 11 is 6.90. The fraction of sp³-hybridized carbons (Fsp3) is 0.200. The second-order valence-electron chi connectivity index (χ2n) is 5.54. The summed E-state index contributed by atoms with van der Waals surface area (Å²) in [5, 5.41) is 0. The predicted octanol–water partition coefficient (Wildman–Crippen LogP) is 6.07. The van der Waals surface area contributed by atoms with Gasteiger partial charge in [-0.3, -0.25) is 0 Å². The van der Waals surface area contributed by atoms with Gasteiger partial charge in [-0.1, -0.05) is 68.3 Å². The molecule has 0 saturated carbocycles. The van der Waals surface area contributed by atoms with Crippen LogP contribution in [0.4, 0.5) is 0 Å². The van der Waals surface area contributed by atoms with Crippen molar-refractivity contribution in [1.82, 2.24) is 0 Å². The van der Waals surface area contributed by atoms with Crippen molar-refractivity contribution in [3.05, 3.63) is 80.8 Å². The van der Waals surface area contributed by atoms with Gasteiger partial charge >= 0.3 is 0 Å². The fourth-order valence-corrected chi connectivity index (χ4v) is 2.91. The molecule has 0 N–H and O–H groups in total. The summed E-state index contributed by atoms with van der Waals surface area (Å²) in [4.78, 5) is 0. The van der Waals surface area contributed by atoms with E-state index in [0.29, 0.717) is 13.2 Å². The molecule has 0 radical (unpaired) electrons. The van der Waals surface area contributed by atoms with Crippen LogP contribution < -0.4 is 0 Å². The molecule has 2 aromatic carbocycles. The van der Waals surface area contributed by atoms with Crippen molar-refractivity contribution in [3.63, 3.8) is 0 Å². The van der Waals surface area contributed by atoms with Gasteiger partial charge in [-0.15, -0.1) is 0 Å². The Kier molecular flexibility index (Phi) is 6.06. The van der Waals surface area contributed by atoms with E-state index >= 15 is 0 Å². The Hall–Kier alpha value is -1.20. The van der Waals surface area contributed by atoms with E-state index in [9.17, 15) is 0 Å². The highest BCUT2D eigenvalue weighted by Crippen LogP contribution is 2.25. The monoisotopic (exact) mass is 448 g/mol. The Morgan fingerprint density at radius 2 is 1.12 bits per heavy atom. The van der Waals surface area contributed by atoms with Crippen molar-refractivity contribution in [2.75, 3.05) is 13.2 Å². The number of halogens is 2. The van der Waals surface area contributed by atoms with Crippen LogP contribution in [0.5, 0.6) is 0 Å². The Morgan fingerprint density at radius 1 is 0.708 bits per heavy atom. The molecule has 0 aliphatic carbocycles. The summed E-state index contributed by atoms with van der Waals surface area (Å²) in [6.07, 6.45) is 8.93. The maximum atomic E-state index is 5.94. The molecule has 2 aromatic rings. The molecule has 3 rings (SSSR count). The standard InChI is InChI=1S/C20H18Br2O2/c21-18-6-2-16(3-7-18)10-12-20(23-14-1-15-24-20)13-11-17-4-8-19(22)9-5-17/h2-13H,1,14-15H2/b12-10+,13-11+. The average Bonchev–Trinajstić information content (AvgIpc) is 2.62. The van der Waals surface area contributed by atoms with E-state index in [1.165, 1.54) is 0 Å². The van der Waals surface area contributed by atoms with Crippen LogP contribution in [0.2, 0.25) is 0 Å². The first-order valence-electron chi connectivity index (χ1n) is 7.83. The Bertz CT molecular complexity index is 655. The van der Waals surface area contributed by atoms with E-state index < -0.39 is 5.79 Å². The van der Waals surface area contributed by atoms with Crippen LogP contribution in [-0.4, -0.2) is 19.0 Å². The van der Waals surface area contributed by atoms with Crippen molar-refractivity contribution < 1.29 is 9.47 Å². The van der Waals surface area contributed by atoms with Crippen LogP contribution in [-0.2, 0) is 9.47 Å². The summed E-state index contributed by atoms with van der Waals surface area (Å²) in [6, 6.07) is 16.3. The van der Waals surface area contributed by atoms with Gasteiger partial charge in [0.2, 0.25) is 5.79 Å². The van der Waals surface area contributed by atoms with Crippen molar-refractivity contribution in [3.8, 4) is 0 Å². The van der Waals surface area contributed by atoms with Gasteiger partial charge in [-0.25, -0.2) is 0 Å². The highest BCUT2D eigenvalue weighted by molar-refractivity contribution is 9.10. The first-order valence-corrected chi connectivity index (χ1v) is 9.41. The third-order valence-electron chi connectivity index (χ3n) is 3.70. The first kappa shape index (κ1) is 17.6. The van der Waals surface area contributed by atoms with Crippen molar-refractivity contribution in [2.45, 2.75) is 12.2 Å². The van der Waals surface area contributed by atoms with Gasteiger partial charge in [0.1, 0.15) is 0 Å². The van der Waals surface area contributed by atoms with Gasteiger partial charge in [0.15, 0.2) is 0 Å². The minimum atomic E-state index is -0.807. The molecule has 0 bridgehead atoms. The molecule has 1 aliphatic rings. The lowest BCUT2D eigenvalue weighted by Gasteiger charge is -2.32. The SMILES string of the molecule is Brc1ccc(/C=C/C2(/C=C/c3ccc(Br)cc3)OCCCO2)cc1. The molecule has 1 fully saturated rings. The third-order valence-corrected chi connectivity index (χ3v) is 4.76. The second kappa shape index (κ2) is 8.26. The summed E-state index contributed by atoms with van der Waals surface area (Å²) < 4.78 is 14.0. The summed E-state index contributed by atoms with van der Waals surface area (Å²) in [7, 11) is 0. The van der Waals surface area contributed by atoms with E-state index in [0.717, 1.165) is 26.5 Å². The molecule has 1 saturated heterocycles. The molecule has 4 heteroatoms. The first-order chi connectivity index (χ1) is 11.7. The Labute approximate surface area is 159 Å². The van der Waals surface area contributed by atoms with Crippen molar-refractivity contribution in [1.29, 1.82) is 0 Å². The number of ether oxygens (including phenoxy) is 2. The van der Waals surface area contributed by atoms with Crippen LogP contribution in [0, 0.1) is 0 Å². The van der Waals surface area contributed by atoms with Crippen molar-refractivity contribution in [2.24, 2.45) is 0 Å². The van der Waals surface area contributed by atoms with Gasteiger partial charge < -0.3 is 9.47 Å². The van der Waals surface area contributed by atoms with Gasteiger partial charge in [-0.2, -0.15) is 0 Å². The molecule has 1 aliphatic heterocycles. The zero-order chi connectivity index (χ0) is 16.8. The topological polar surface area (TPSA) is 18.5 Å².